The second-order valence-electron chi connectivity index (χ2n) is 7.29. The van der Waals surface area contributed by atoms with E-state index >= 15 is 0 Å². The van der Waals surface area contributed by atoms with Crippen LogP contribution in [0.5, 0.6) is 0 Å². The first-order chi connectivity index (χ1) is 12.5. The summed E-state index contributed by atoms with van der Waals surface area (Å²) < 4.78 is 0. The van der Waals surface area contributed by atoms with Gasteiger partial charge in [0.2, 0.25) is 5.91 Å². The number of carbonyl (C=O) groups is 1. The predicted octanol–water partition coefficient (Wildman–Crippen LogP) is 2.20. The van der Waals surface area contributed by atoms with Crippen molar-refractivity contribution in [2.24, 2.45) is 10.9 Å². The molecule has 6 nitrogen and oxygen atoms in total. The van der Waals surface area contributed by atoms with Crippen LogP contribution in [0.4, 0.5) is 0 Å². The quantitative estimate of drug-likeness (QED) is 0.239. The normalized spacial score (nSPS) is 20.3. The zero-order valence-electron chi connectivity index (χ0n) is 16.9. The van der Waals surface area contributed by atoms with Crippen LogP contribution in [0.1, 0.15) is 32.8 Å². The van der Waals surface area contributed by atoms with E-state index in [9.17, 15) is 4.79 Å². The number of hydrogen-bond donors (Lipinski definition) is 3. The highest BCUT2D eigenvalue weighted by molar-refractivity contribution is 14.0. The lowest BCUT2D eigenvalue weighted by molar-refractivity contribution is -0.123. The lowest BCUT2D eigenvalue weighted by atomic mass is 10.2. The fraction of sp³-hybridized carbons (Fsp3) is 0.600. The number of hydrogen-bond acceptors (Lipinski definition) is 3. The van der Waals surface area contributed by atoms with Crippen molar-refractivity contribution in [3.8, 4) is 0 Å². The molecule has 1 aromatic rings. The first-order valence-corrected chi connectivity index (χ1v) is 9.52. The van der Waals surface area contributed by atoms with Crippen LogP contribution in [-0.4, -0.2) is 55.5 Å². The van der Waals surface area contributed by atoms with Crippen LogP contribution < -0.4 is 16.0 Å². The van der Waals surface area contributed by atoms with Gasteiger partial charge in [-0.1, -0.05) is 44.2 Å². The average molecular weight is 487 g/mol. The van der Waals surface area contributed by atoms with Crippen LogP contribution >= 0.6 is 24.0 Å². The Balaban J connectivity index is 0.00000364. The third kappa shape index (κ3) is 8.04. The van der Waals surface area contributed by atoms with E-state index in [1.54, 1.807) is 7.05 Å². The molecule has 1 aromatic carbocycles. The van der Waals surface area contributed by atoms with Gasteiger partial charge in [0.15, 0.2) is 5.96 Å². The number of amides is 1. The molecule has 7 heteroatoms. The van der Waals surface area contributed by atoms with Gasteiger partial charge in [-0.15, -0.1) is 24.0 Å². The molecule has 1 heterocycles. The summed E-state index contributed by atoms with van der Waals surface area (Å²) >= 11 is 0. The molecule has 0 bridgehead atoms. The van der Waals surface area contributed by atoms with Crippen LogP contribution in [-0.2, 0) is 11.3 Å². The number of halogens is 1. The van der Waals surface area contributed by atoms with E-state index in [4.69, 9.17) is 0 Å². The van der Waals surface area contributed by atoms with Crippen molar-refractivity contribution in [1.29, 1.82) is 0 Å². The second-order valence-corrected chi connectivity index (χ2v) is 7.29. The molecule has 1 amide bonds. The Bertz CT molecular complexity index is 593. The molecule has 0 radical (unpaired) electrons. The van der Waals surface area contributed by atoms with Crippen molar-refractivity contribution < 1.29 is 4.79 Å². The van der Waals surface area contributed by atoms with E-state index < -0.39 is 0 Å². The Labute approximate surface area is 180 Å². The zero-order chi connectivity index (χ0) is 18.9. The largest absolute Gasteiger partial charge is 0.355 e. The van der Waals surface area contributed by atoms with Crippen molar-refractivity contribution in [3.63, 3.8) is 0 Å². The molecule has 1 fully saturated rings. The number of carbonyl (C=O) groups excluding carboxylic acids is 1. The predicted molar refractivity (Wildman–Crippen MR) is 122 cm³/mol. The molecule has 0 aromatic heterocycles. The Morgan fingerprint density at radius 1 is 1.22 bits per heavy atom. The number of nitrogens with one attached hydrogen (secondary N) is 3. The Morgan fingerprint density at radius 3 is 2.52 bits per heavy atom. The van der Waals surface area contributed by atoms with Crippen molar-refractivity contribution in [3.05, 3.63) is 35.9 Å². The van der Waals surface area contributed by atoms with Gasteiger partial charge in [-0.3, -0.25) is 14.7 Å². The van der Waals surface area contributed by atoms with Gasteiger partial charge in [-0.25, -0.2) is 0 Å². The minimum atomic E-state index is 0. The van der Waals surface area contributed by atoms with E-state index in [1.165, 1.54) is 5.56 Å². The maximum atomic E-state index is 11.6. The summed E-state index contributed by atoms with van der Waals surface area (Å²) in [6, 6.07) is 11.5. The Morgan fingerprint density at radius 2 is 1.89 bits per heavy atom. The maximum Gasteiger partial charge on any atom is 0.222 e. The molecule has 3 N–H and O–H groups in total. The van der Waals surface area contributed by atoms with Gasteiger partial charge in [0.05, 0.1) is 0 Å². The van der Waals surface area contributed by atoms with Crippen molar-refractivity contribution in [2.75, 3.05) is 26.7 Å². The molecule has 27 heavy (non-hydrogen) atoms. The second kappa shape index (κ2) is 12.2. The average Bonchev–Trinajstić information content (AvgIpc) is 2.97. The van der Waals surface area contributed by atoms with Crippen LogP contribution in [0.15, 0.2) is 35.3 Å². The number of likely N-dealkylation sites (tertiary alicyclic amines) is 1. The minimum Gasteiger partial charge on any atom is -0.355 e. The van der Waals surface area contributed by atoms with E-state index in [1.807, 2.05) is 13.8 Å². The minimum absolute atomic E-state index is 0. The van der Waals surface area contributed by atoms with Crippen LogP contribution in [0, 0.1) is 5.92 Å². The Kier molecular flexibility index (Phi) is 10.7. The third-order valence-corrected chi connectivity index (χ3v) is 4.74. The van der Waals surface area contributed by atoms with Crippen LogP contribution in [0.25, 0.3) is 0 Å². The molecular formula is C20H34IN5O. The van der Waals surface area contributed by atoms with Gasteiger partial charge < -0.3 is 16.0 Å². The number of guanidine groups is 1. The van der Waals surface area contributed by atoms with Gasteiger partial charge in [0.25, 0.3) is 0 Å². The molecule has 1 aliphatic rings. The molecule has 1 saturated heterocycles. The monoisotopic (exact) mass is 487 g/mol. The van der Waals surface area contributed by atoms with Crippen molar-refractivity contribution >= 4 is 35.8 Å². The summed E-state index contributed by atoms with van der Waals surface area (Å²) in [5.74, 6) is 0.890. The molecule has 1 aliphatic heterocycles. The van der Waals surface area contributed by atoms with Crippen LogP contribution in [0.2, 0.25) is 0 Å². The molecule has 2 atom stereocenters. The fourth-order valence-corrected chi connectivity index (χ4v) is 3.20. The fourth-order valence-electron chi connectivity index (χ4n) is 3.20. The summed E-state index contributed by atoms with van der Waals surface area (Å²) in [5.41, 5.74) is 1.35. The first kappa shape index (κ1) is 23.7. The summed E-state index contributed by atoms with van der Waals surface area (Å²) in [4.78, 5) is 18.4. The van der Waals surface area contributed by atoms with Gasteiger partial charge >= 0.3 is 0 Å². The Hall–Kier alpha value is -1.35. The van der Waals surface area contributed by atoms with E-state index in [0.717, 1.165) is 25.5 Å². The highest BCUT2D eigenvalue weighted by Crippen LogP contribution is 2.20. The molecule has 2 unspecified atom stereocenters. The molecule has 0 spiro atoms. The standard InChI is InChI=1S/C20H33N5O.HI/c1-15(2)19(26)22-10-11-23-20(21-4)24-18-12-16(3)25(14-18)13-17-8-6-5-7-9-17;/h5-9,15-16,18H,10-14H2,1-4H3,(H,22,26)(H2,21,23,24);1H. The molecule has 0 saturated carbocycles. The van der Waals surface area contributed by atoms with Gasteiger partial charge in [-0.2, -0.15) is 0 Å². The lowest BCUT2D eigenvalue weighted by Crippen LogP contribution is -2.46. The lowest BCUT2D eigenvalue weighted by Gasteiger charge is -2.21. The van der Waals surface area contributed by atoms with Crippen LogP contribution in [0.3, 0.4) is 0 Å². The number of aliphatic imine (C=N–C) groups is 1. The van der Waals surface area contributed by atoms with E-state index in [-0.39, 0.29) is 35.8 Å². The number of nitrogens with zero attached hydrogens (tertiary/aromatic N) is 2. The smallest absolute Gasteiger partial charge is 0.222 e. The first-order valence-electron chi connectivity index (χ1n) is 9.52. The molecular weight excluding hydrogens is 453 g/mol. The maximum absolute atomic E-state index is 11.6. The highest BCUT2D eigenvalue weighted by atomic mass is 127. The third-order valence-electron chi connectivity index (χ3n) is 4.74. The summed E-state index contributed by atoms with van der Waals surface area (Å²) in [7, 11) is 1.78. The molecule has 2 rings (SSSR count). The summed E-state index contributed by atoms with van der Waals surface area (Å²) in [6.45, 7) is 9.31. The SMILES string of the molecule is CN=C(NCCNC(=O)C(C)C)NC1CC(C)N(Cc2ccccc2)C1.I. The summed E-state index contributed by atoms with van der Waals surface area (Å²) in [5, 5.41) is 9.69. The number of benzene rings is 1. The molecule has 0 aliphatic carbocycles. The van der Waals surface area contributed by atoms with Crippen molar-refractivity contribution in [1.82, 2.24) is 20.9 Å². The van der Waals surface area contributed by atoms with E-state index in [0.29, 0.717) is 25.2 Å². The zero-order valence-corrected chi connectivity index (χ0v) is 19.2. The number of rotatable bonds is 7. The summed E-state index contributed by atoms with van der Waals surface area (Å²) in [6.07, 6.45) is 1.09. The van der Waals surface area contributed by atoms with E-state index in [2.05, 4.69) is 63.1 Å². The van der Waals surface area contributed by atoms with Gasteiger partial charge in [-0.05, 0) is 18.9 Å². The van der Waals surface area contributed by atoms with Gasteiger partial charge in [0, 0.05) is 51.2 Å². The van der Waals surface area contributed by atoms with Gasteiger partial charge in [0.1, 0.15) is 0 Å². The molecule has 152 valence electrons. The highest BCUT2D eigenvalue weighted by Gasteiger charge is 2.29. The van der Waals surface area contributed by atoms with Crippen molar-refractivity contribution in [2.45, 2.75) is 45.8 Å². The topological polar surface area (TPSA) is 68.8 Å².